The molecule has 6 aromatic rings. The minimum absolute atomic E-state index is 0.199. The van der Waals surface area contributed by atoms with Gasteiger partial charge in [0, 0.05) is 0 Å². The van der Waals surface area contributed by atoms with Gasteiger partial charge in [0.25, 0.3) is 0 Å². The number of fused-ring (bicyclic) bond motifs is 4. The van der Waals surface area contributed by atoms with Gasteiger partial charge < -0.3 is 0 Å². The van der Waals surface area contributed by atoms with Crippen LogP contribution in [0.4, 0.5) is 17.1 Å². The number of hydrogen-bond donors (Lipinski definition) is 0. The third-order valence-electron chi connectivity index (χ3n) is 9.55. The molecule has 214 valence electrons. The Morgan fingerprint density at radius 2 is 1.00 bits per heavy atom. The summed E-state index contributed by atoms with van der Waals surface area (Å²) in [7, 11) is -3.80. The molecular formula is C39H31NO2SSn. The summed E-state index contributed by atoms with van der Waals surface area (Å²) in [6.07, 6.45) is 0. The van der Waals surface area contributed by atoms with Crippen molar-refractivity contribution in [3.05, 3.63) is 163 Å². The zero-order chi connectivity index (χ0) is 30.1. The minimum atomic E-state index is -4.12. The molecule has 5 heteroatoms. The van der Waals surface area contributed by atoms with Gasteiger partial charge >= 0.3 is 265 Å². The van der Waals surface area contributed by atoms with Crippen LogP contribution in [0.3, 0.4) is 0 Å². The van der Waals surface area contributed by atoms with Crippen molar-refractivity contribution in [3.63, 3.8) is 0 Å². The van der Waals surface area contributed by atoms with Crippen LogP contribution in [0.25, 0.3) is 0 Å². The van der Waals surface area contributed by atoms with E-state index >= 15 is 0 Å². The van der Waals surface area contributed by atoms with E-state index in [2.05, 4.69) is 134 Å². The number of benzene rings is 6. The van der Waals surface area contributed by atoms with Gasteiger partial charge in [-0.15, -0.1) is 0 Å². The van der Waals surface area contributed by atoms with E-state index in [-0.39, 0.29) is 5.41 Å². The number of sulfone groups is 1. The van der Waals surface area contributed by atoms with Gasteiger partial charge in [-0.1, -0.05) is 0 Å². The fourth-order valence-corrected chi connectivity index (χ4v) is 27.2. The molecule has 0 unspecified atom stereocenters. The van der Waals surface area contributed by atoms with Crippen LogP contribution in [-0.2, 0) is 15.3 Å². The number of anilines is 3. The average Bonchev–Trinajstić information content (AvgIpc) is 3.07. The monoisotopic (exact) mass is 697 g/mol. The van der Waals surface area contributed by atoms with Crippen LogP contribution in [0.2, 0.25) is 0 Å². The second kappa shape index (κ2) is 9.94. The quantitative estimate of drug-likeness (QED) is 0.203. The summed E-state index contributed by atoms with van der Waals surface area (Å²) in [5.74, 6) is 0. The first-order chi connectivity index (χ1) is 21.4. The molecule has 0 amide bonds. The maximum absolute atomic E-state index is 14.7. The molecule has 0 aliphatic carbocycles. The van der Waals surface area contributed by atoms with Crippen molar-refractivity contribution in [2.75, 3.05) is 4.90 Å². The van der Waals surface area contributed by atoms with Crippen LogP contribution in [-0.4, -0.2) is 26.8 Å². The van der Waals surface area contributed by atoms with Gasteiger partial charge in [-0.3, -0.25) is 0 Å². The Labute approximate surface area is 263 Å². The van der Waals surface area contributed by atoms with Crippen LogP contribution >= 0.6 is 0 Å². The Morgan fingerprint density at radius 3 is 1.59 bits per heavy atom. The molecule has 3 nitrogen and oxygen atoms in total. The molecular weight excluding hydrogens is 665 g/mol. The number of hydrogen-bond acceptors (Lipinski definition) is 3. The topological polar surface area (TPSA) is 37.4 Å². The third kappa shape index (κ3) is 3.71. The summed E-state index contributed by atoms with van der Waals surface area (Å²) >= 11 is -4.12. The first-order valence-corrected chi connectivity index (χ1v) is 22.1. The SMILES string of the molecule is CC1(C)c2ccccc2N(c2cc[c]3c(c2)S(=O)(=O)c2cccc[c]2[Sn]3([c]2ccccc2)[c]2ccccc2)c2ccccc21. The second-order valence-corrected chi connectivity index (χ2v) is 24.7. The zero-order valence-corrected chi connectivity index (χ0v) is 28.3. The summed E-state index contributed by atoms with van der Waals surface area (Å²) in [5.41, 5.74) is 5.23. The normalized spacial score (nSPS) is 16.6. The summed E-state index contributed by atoms with van der Waals surface area (Å²) < 4.78 is 33.8. The molecule has 2 heterocycles. The Hall–Kier alpha value is -4.13. The molecule has 0 N–H and O–H groups in total. The van der Waals surface area contributed by atoms with E-state index in [1.807, 2.05) is 36.4 Å². The Balaban J connectivity index is 1.47. The maximum atomic E-state index is 14.7. The Bertz CT molecular complexity index is 2090. The molecule has 0 saturated heterocycles. The molecule has 8 rings (SSSR count). The molecule has 0 saturated carbocycles. The first kappa shape index (κ1) is 27.4. The molecule has 0 radical (unpaired) electrons. The van der Waals surface area contributed by atoms with Crippen molar-refractivity contribution < 1.29 is 8.42 Å². The van der Waals surface area contributed by atoms with Gasteiger partial charge in [0.05, 0.1) is 0 Å². The van der Waals surface area contributed by atoms with Gasteiger partial charge in [-0.05, 0) is 0 Å². The molecule has 2 aliphatic heterocycles. The number of para-hydroxylation sites is 2. The van der Waals surface area contributed by atoms with Crippen LogP contribution in [0.1, 0.15) is 25.0 Å². The summed E-state index contributed by atoms with van der Waals surface area (Å²) in [4.78, 5) is 3.11. The van der Waals surface area contributed by atoms with Crippen molar-refractivity contribution in [2.45, 2.75) is 29.1 Å². The molecule has 6 aromatic carbocycles. The fraction of sp³-hybridized carbons (Fsp3) is 0.0769. The summed E-state index contributed by atoms with van der Waals surface area (Å²) in [6.45, 7) is 4.53. The van der Waals surface area contributed by atoms with Crippen LogP contribution in [0, 0.1) is 0 Å². The van der Waals surface area contributed by atoms with Crippen molar-refractivity contribution in [1.82, 2.24) is 0 Å². The predicted octanol–water partition coefficient (Wildman–Crippen LogP) is 6.32. The van der Waals surface area contributed by atoms with E-state index in [0.29, 0.717) is 9.79 Å². The van der Waals surface area contributed by atoms with Crippen LogP contribution in [0.5, 0.6) is 0 Å². The van der Waals surface area contributed by atoms with E-state index in [1.54, 1.807) is 0 Å². The molecule has 0 spiro atoms. The molecule has 44 heavy (non-hydrogen) atoms. The average molecular weight is 696 g/mol. The van der Waals surface area contributed by atoms with Crippen LogP contribution < -0.4 is 19.2 Å². The van der Waals surface area contributed by atoms with Gasteiger partial charge in [-0.2, -0.15) is 0 Å². The Morgan fingerprint density at radius 1 is 0.523 bits per heavy atom. The van der Waals surface area contributed by atoms with Gasteiger partial charge in [0.15, 0.2) is 0 Å². The summed E-state index contributed by atoms with van der Waals surface area (Å²) in [6, 6.07) is 52.2. The zero-order valence-electron chi connectivity index (χ0n) is 24.6. The number of nitrogens with zero attached hydrogens (tertiary/aromatic N) is 1. The van der Waals surface area contributed by atoms with Crippen molar-refractivity contribution in [3.8, 4) is 0 Å². The standard InChI is InChI=1S/C27H21NO2S.2C6H5.Sn/c1-27(2)23-15-6-8-17-25(23)28(26-18-9-7-16-24(26)27)20-11-10-14-22(19-20)31(29,30)21-12-4-3-5-13-21;2*1-2-4-6-5-3-1;/h3-12,15-19H,1-2H3;2*1-5H;. The van der Waals surface area contributed by atoms with E-state index < -0.39 is 28.2 Å². The van der Waals surface area contributed by atoms with E-state index in [1.165, 1.54) is 18.3 Å². The summed E-state index contributed by atoms with van der Waals surface area (Å²) in [5, 5.41) is 0. The number of rotatable bonds is 3. The van der Waals surface area contributed by atoms with Gasteiger partial charge in [0.2, 0.25) is 0 Å². The van der Waals surface area contributed by atoms with Crippen molar-refractivity contribution in [2.24, 2.45) is 0 Å². The molecule has 0 atom stereocenters. The fourth-order valence-electron chi connectivity index (χ4n) is 7.57. The van der Waals surface area contributed by atoms with E-state index in [4.69, 9.17) is 0 Å². The van der Waals surface area contributed by atoms with E-state index in [9.17, 15) is 8.42 Å². The van der Waals surface area contributed by atoms with Crippen LogP contribution in [0.15, 0.2) is 161 Å². The van der Waals surface area contributed by atoms with Gasteiger partial charge in [-0.25, -0.2) is 0 Å². The van der Waals surface area contributed by atoms with Crippen molar-refractivity contribution >= 4 is 59.6 Å². The third-order valence-corrected chi connectivity index (χ3v) is 26.4. The van der Waals surface area contributed by atoms with Gasteiger partial charge in [0.1, 0.15) is 0 Å². The Kier molecular flexibility index (Phi) is 6.20. The predicted molar refractivity (Wildman–Crippen MR) is 182 cm³/mol. The molecule has 0 bridgehead atoms. The second-order valence-electron chi connectivity index (χ2n) is 12.2. The van der Waals surface area contributed by atoms with E-state index in [0.717, 1.165) is 24.2 Å². The molecule has 0 aromatic heterocycles. The van der Waals surface area contributed by atoms with Crippen molar-refractivity contribution in [1.29, 1.82) is 0 Å². The first-order valence-electron chi connectivity index (χ1n) is 15.0. The molecule has 0 fully saturated rings. The molecule has 2 aliphatic rings.